The number of carboxylic acid groups (broad SMARTS) is 2. The molecule has 0 radical (unpaired) electrons. The van der Waals surface area contributed by atoms with Crippen LogP contribution in [0.1, 0.15) is 17.5 Å². The summed E-state index contributed by atoms with van der Waals surface area (Å²) < 4.78 is 28.8. The summed E-state index contributed by atoms with van der Waals surface area (Å²) in [6.45, 7) is -3.05. The van der Waals surface area contributed by atoms with Crippen LogP contribution in [0.4, 0.5) is 8.78 Å². The van der Waals surface area contributed by atoms with Crippen LogP contribution in [0, 0.1) is 0 Å². The third kappa shape index (κ3) is 4.90. The number of benzene rings is 1. The van der Waals surface area contributed by atoms with Crippen molar-refractivity contribution >= 4 is 11.9 Å². The van der Waals surface area contributed by atoms with Gasteiger partial charge in [0.25, 0.3) is 0 Å². The SMILES string of the molecule is O=C(O)CCc1c(CC(=O)O)cccc1OC(F)F. The van der Waals surface area contributed by atoms with Gasteiger partial charge >= 0.3 is 18.6 Å². The van der Waals surface area contributed by atoms with Crippen molar-refractivity contribution in [1.82, 2.24) is 0 Å². The Morgan fingerprint density at radius 3 is 2.42 bits per heavy atom. The van der Waals surface area contributed by atoms with Gasteiger partial charge in [-0.25, -0.2) is 0 Å². The number of rotatable bonds is 7. The molecule has 0 aliphatic heterocycles. The highest BCUT2D eigenvalue weighted by Crippen LogP contribution is 2.26. The lowest BCUT2D eigenvalue weighted by molar-refractivity contribution is -0.137. The second kappa shape index (κ2) is 6.67. The van der Waals surface area contributed by atoms with Crippen LogP contribution >= 0.6 is 0 Å². The summed E-state index contributed by atoms with van der Waals surface area (Å²) in [5.41, 5.74) is 0.458. The summed E-state index contributed by atoms with van der Waals surface area (Å²) in [5.74, 6) is -2.42. The van der Waals surface area contributed by atoms with Crippen molar-refractivity contribution < 1.29 is 33.3 Å². The van der Waals surface area contributed by atoms with Gasteiger partial charge in [0.2, 0.25) is 0 Å². The van der Waals surface area contributed by atoms with Gasteiger partial charge in [-0.2, -0.15) is 8.78 Å². The highest BCUT2D eigenvalue weighted by Gasteiger charge is 2.16. The van der Waals surface area contributed by atoms with Crippen LogP contribution in [0.15, 0.2) is 18.2 Å². The maximum Gasteiger partial charge on any atom is 0.387 e. The standard InChI is InChI=1S/C12H12F2O5/c13-12(14)19-9-3-1-2-7(6-11(17)18)8(9)4-5-10(15)16/h1-3,12H,4-6H2,(H,15,16)(H,17,18). The zero-order valence-electron chi connectivity index (χ0n) is 9.81. The van der Waals surface area contributed by atoms with Crippen LogP contribution in [-0.4, -0.2) is 28.8 Å². The van der Waals surface area contributed by atoms with E-state index in [1.807, 2.05) is 0 Å². The average molecular weight is 274 g/mol. The van der Waals surface area contributed by atoms with E-state index in [1.165, 1.54) is 18.2 Å². The molecular weight excluding hydrogens is 262 g/mol. The Kier molecular flexibility index (Phi) is 5.23. The molecule has 19 heavy (non-hydrogen) atoms. The lowest BCUT2D eigenvalue weighted by atomic mass is 9.99. The van der Waals surface area contributed by atoms with Crippen molar-refractivity contribution in [2.45, 2.75) is 25.9 Å². The summed E-state index contributed by atoms with van der Waals surface area (Å²) in [5, 5.41) is 17.4. The second-order valence-corrected chi connectivity index (χ2v) is 3.74. The van der Waals surface area contributed by atoms with Gasteiger partial charge in [-0.05, 0) is 23.6 Å². The molecule has 0 aromatic heterocycles. The molecule has 0 fully saturated rings. The molecule has 5 nitrogen and oxygen atoms in total. The van der Waals surface area contributed by atoms with Crippen molar-refractivity contribution in [3.8, 4) is 5.75 Å². The van der Waals surface area contributed by atoms with Crippen molar-refractivity contribution in [3.63, 3.8) is 0 Å². The predicted molar refractivity (Wildman–Crippen MR) is 60.4 cm³/mol. The molecular formula is C12H12F2O5. The van der Waals surface area contributed by atoms with Crippen molar-refractivity contribution in [3.05, 3.63) is 29.3 Å². The molecule has 0 heterocycles. The number of alkyl halides is 2. The molecule has 0 aliphatic rings. The Morgan fingerprint density at radius 2 is 1.89 bits per heavy atom. The topological polar surface area (TPSA) is 83.8 Å². The molecule has 0 unspecified atom stereocenters. The number of aliphatic carboxylic acids is 2. The first-order valence-corrected chi connectivity index (χ1v) is 5.39. The second-order valence-electron chi connectivity index (χ2n) is 3.74. The van der Waals surface area contributed by atoms with Gasteiger partial charge in [-0.3, -0.25) is 9.59 Å². The molecule has 0 spiro atoms. The van der Waals surface area contributed by atoms with E-state index in [0.29, 0.717) is 0 Å². The summed E-state index contributed by atoms with van der Waals surface area (Å²) in [4.78, 5) is 21.2. The lowest BCUT2D eigenvalue weighted by Gasteiger charge is -2.13. The first-order valence-electron chi connectivity index (χ1n) is 5.39. The van der Waals surface area contributed by atoms with Gasteiger partial charge in [-0.15, -0.1) is 0 Å². The summed E-state index contributed by atoms with van der Waals surface area (Å²) >= 11 is 0. The predicted octanol–water partition coefficient (Wildman–Crippen LogP) is 1.93. The van der Waals surface area contributed by atoms with Crippen molar-refractivity contribution in [1.29, 1.82) is 0 Å². The molecule has 2 N–H and O–H groups in total. The van der Waals surface area contributed by atoms with Crippen LogP contribution in [0.3, 0.4) is 0 Å². The minimum Gasteiger partial charge on any atom is -0.481 e. The van der Waals surface area contributed by atoms with E-state index in [-0.39, 0.29) is 36.1 Å². The van der Waals surface area contributed by atoms with Crippen LogP contribution in [-0.2, 0) is 22.4 Å². The van der Waals surface area contributed by atoms with E-state index in [1.54, 1.807) is 0 Å². The maximum atomic E-state index is 12.2. The molecule has 1 aromatic rings. The van der Waals surface area contributed by atoms with Crippen LogP contribution in [0.2, 0.25) is 0 Å². The van der Waals surface area contributed by atoms with Crippen LogP contribution in [0.25, 0.3) is 0 Å². The number of hydrogen-bond donors (Lipinski definition) is 2. The Balaban J connectivity index is 3.07. The number of ether oxygens (including phenoxy) is 1. The van der Waals surface area contributed by atoms with Gasteiger partial charge in [0, 0.05) is 6.42 Å². The fraction of sp³-hybridized carbons (Fsp3) is 0.333. The fourth-order valence-electron chi connectivity index (χ4n) is 1.66. The first kappa shape index (κ1) is 14.9. The van der Waals surface area contributed by atoms with E-state index in [9.17, 15) is 18.4 Å². The third-order valence-electron chi connectivity index (χ3n) is 2.38. The lowest BCUT2D eigenvalue weighted by Crippen LogP contribution is -2.10. The summed E-state index contributed by atoms with van der Waals surface area (Å²) in [7, 11) is 0. The molecule has 0 bridgehead atoms. The van der Waals surface area contributed by atoms with E-state index in [2.05, 4.69) is 4.74 Å². The zero-order chi connectivity index (χ0) is 14.4. The van der Waals surface area contributed by atoms with Gasteiger partial charge < -0.3 is 14.9 Å². The number of hydrogen-bond acceptors (Lipinski definition) is 3. The van der Waals surface area contributed by atoms with Crippen molar-refractivity contribution in [2.75, 3.05) is 0 Å². The largest absolute Gasteiger partial charge is 0.481 e. The number of carboxylic acids is 2. The Bertz CT molecular complexity index is 473. The van der Waals surface area contributed by atoms with E-state index in [4.69, 9.17) is 10.2 Å². The number of carbonyl (C=O) groups is 2. The fourth-order valence-corrected chi connectivity index (χ4v) is 1.66. The van der Waals surface area contributed by atoms with E-state index >= 15 is 0 Å². The van der Waals surface area contributed by atoms with E-state index < -0.39 is 18.6 Å². The van der Waals surface area contributed by atoms with Gasteiger partial charge in [0.1, 0.15) is 5.75 Å². The maximum absolute atomic E-state index is 12.2. The normalized spacial score (nSPS) is 10.5. The molecule has 0 amide bonds. The minimum absolute atomic E-state index is 0.0686. The minimum atomic E-state index is -3.05. The number of halogens is 2. The summed E-state index contributed by atoms with van der Waals surface area (Å²) in [6, 6.07) is 4.10. The molecule has 0 atom stereocenters. The molecule has 0 saturated heterocycles. The molecule has 0 aliphatic carbocycles. The zero-order valence-corrected chi connectivity index (χ0v) is 9.81. The van der Waals surface area contributed by atoms with E-state index in [0.717, 1.165) is 0 Å². The van der Waals surface area contributed by atoms with Crippen LogP contribution in [0.5, 0.6) is 5.75 Å². The molecule has 1 rings (SSSR count). The Hall–Kier alpha value is -2.18. The van der Waals surface area contributed by atoms with Gasteiger partial charge in [0.15, 0.2) is 0 Å². The van der Waals surface area contributed by atoms with Gasteiger partial charge in [-0.1, -0.05) is 12.1 Å². The molecule has 104 valence electrons. The Morgan fingerprint density at radius 1 is 1.21 bits per heavy atom. The third-order valence-corrected chi connectivity index (χ3v) is 2.38. The Labute approximate surface area is 107 Å². The molecule has 0 saturated carbocycles. The van der Waals surface area contributed by atoms with Crippen LogP contribution < -0.4 is 4.74 Å². The summed E-state index contributed by atoms with van der Waals surface area (Å²) in [6.07, 6.45) is -0.744. The van der Waals surface area contributed by atoms with Gasteiger partial charge in [0.05, 0.1) is 6.42 Å². The smallest absolute Gasteiger partial charge is 0.387 e. The average Bonchev–Trinajstić information content (AvgIpc) is 2.26. The first-order chi connectivity index (χ1) is 8.90. The molecule has 1 aromatic carbocycles. The highest BCUT2D eigenvalue weighted by atomic mass is 19.3. The quantitative estimate of drug-likeness (QED) is 0.793. The molecule has 7 heteroatoms. The van der Waals surface area contributed by atoms with Crippen molar-refractivity contribution in [2.24, 2.45) is 0 Å². The monoisotopic (exact) mass is 274 g/mol. The highest BCUT2D eigenvalue weighted by molar-refractivity contribution is 5.72.